The van der Waals surface area contributed by atoms with E-state index in [0.29, 0.717) is 18.2 Å². The van der Waals surface area contributed by atoms with E-state index in [1.54, 1.807) is 13.2 Å². The number of hydrogen-bond acceptors (Lipinski definition) is 4. The van der Waals surface area contributed by atoms with Gasteiger partial charge in [-0.05, 0) is 6.92 Å². The molecule has 1 aromatic heterocycles. The fraction of sp³-hybridized carbons (Fsp3) is 0.667. The molecule has 0 saturated carbocycles. The van der Waals surface area contributed by atoms with Crippen molar-refractivity contribution in [3.63, 3.8) is 0 Å². The minimum absolute atomic E-state index is 0. The number of rotatable bonds is 2. The molecule has 108 valence electrons. The SMILES string of the molecule is C[C@H]1CN(Cc2cn(C)c(=O)n(C)c2=O)CCN1.Cl. The largest absolute Gasteiger partial charge is 0.330 e. The van der Waals surface area contributed by atoms with Crippen LogP contribution in [0.1, 0.15) is 12.5 Å². The molecule has 1 N–H and O–H groups in total. The second-order valence-electron chi connectivity index (χ2n) is 5.00. The predicted molar refractivity (Wildman–Crippen MR) is 76.9 cm³/mol. The molecule has 1 aliphatic heterocycles. The highest BCUT2D eigenvalue weighted by Gasteiger charge is 2.17. The molecule has 2 rings (SSSR count). The molecule has 1 aromatic rings. The number of hydrogen-bond donors (Lipinski definition) is 1. The van der Waals surface area contributed by atoms with Crippen LogP contribution in [0.15, 0.2) is 15.8 Å². The number of nitrogens with zero attached hydrogens (tertiary/aromatic N) is 3. The van der Waals surface area contributed by atoms with Crippen LogP contribution in [-0.2, 0) is 20.6 Å². The Labute approximate surface area is 118 Å². The lowest BCUT2D eigenvalue weighted by Gasteiger charge is -2.31. The van der Waals surface area contributed by atoms with Crippen LogP contribution >= 0.6 is 12.4 Å². The zero-order chi connectivity index (χ0) is 13.3. The van der Waals surface area contributed by atoms with Crippen LogP contribution in [0.3, 0.4) is 0 Å². The fourth-order valence-corrected chi connectivity index (χ4v) is 2.39. The number of piperazine rings is 1. The Morgan fingerprint density at radius 2 is 2.05 bits per heavy atom. The Kier molecular flexibility index (Phi) is 5.34. The number of aryl methyl sites for hydroxylation is 1. The molecule has 0 aliphatic carbocycles. The van der Waals surface area contributed by atoms with Gasteiger partial charge in [0.2, 0.25) is 0 Å². The highest BCUT2D eigenvalue weighted by atomic mass is 35.5. The molecule has 2 heterocycles. The van der Waals surface area contributed by atoms with E-state index in [-0.39, 0.29) is 23.7 Å². The third-order valence-electron chi connectivity index (χ3n) is 3.36. The molecule has 0 amide bonds. The first kappa shape index (κ1) is 15.9. The van der Waals surface area contributed by atoms with Crippen LogP contribution in [0.25, 0.3) is 0 Å². The third-order valence-corrected chi connectivity index (χ3v) is 3.36. The van der Waals surface area contributed by atoms with E-state index in [4.69, 9.17) is 0 Å². The number of aromatic nitrogens is 2. The summed E-state index contributed by atoms with van der Waals surface area (Å²) in [6.07, 6.45) is 1.65. The van der Waals surface area contributed by atoms with E-state index >= 15 is 0 Å². The van der Waals surface area contributed by atoms with Crippen LogP contribution in [0.2, 0.25) is 0 Å². The Balaban J connectivity index is 0.00000180. The molecular weight excluding hydrogens is 268 g/mol. The first-order valence-corrected chi connectivity index (χ1v) is 6.20. The summed E-state index contributed by atoms with van der Waals surface area (Å²) in [4.78, 5) is 25.8. The van der Waals surface area contributed by atoms with Crippen molar-refractivity contribution in [3.05, 3.63) is 32.6 Å². The van der Waals surface area contributed by atoms with E-state index in [9.17, 15) is 9.59 Å². The zero-order valence-corrected chi connectivity index (χ0v) is 12.4. The Morgan fingerprint density at radius 3 is 2.68 bits per heavy atom. The molecule has 1 fully saturated rings. The molecule has 1 saturated heterocycles. The lowest BCUT2D eigenvalue weighted by Crippen LogP contribution is -2.49. The average Bonchev–Trinajstić information content (AvgIpc) is 2.33. The van der Waals surface area contributed by atoms with Crippen molar-refractivity contribution >= 4 is 12.4 Å². The van der Waals surface area contributed by atoms with Crippen molar-refractivity contribution in [3.8, 4) is 0 Å². The molecule has 0 radical (unpaired) electrons. The van der Waals surface area contributed by atoms with E-state index in [1.165, 1.54) is 16.2 Å². The zero-order valence-electron chi connectivity index (χ0n) is 11.5. The maximum atomic E-state index is 12.0. The summed E-state index contributed by atoms with van der Waals surface area (Å²) >= 11 is 0. The molecule has 0 aromatic carbocycles. The van der Waals surface area contributed by atoms with E-state index in [2.05, 4.69) is 17.1 Å². The van der Waals surface area contributed by atoms with Crippen molar-refractivity contribution in [2.75, 3.05) is 19.6 Å². The molecule has 19 heavy (non-hydrogen) atoms. The highest BCUT2D eigenvalue weighted by molar-refractivity contribution is 5.85. The number of nitrogens with one attached hydrogen (secondary N) is 1. The number of halogens is 1. The lowest BCUT2D eigenvalue weighted by molar-refractivity contribution is 0.198. The standard InChI is InChI=1S/C12H20N4O2.ClH/c1-9-6-16(5-4-13-9)8-10-7-14(2)12(18)15(3)11(10)17;/h7,9,13H,4-6,8H2,1-3H3;1H/t9-;/m0./s1. The van der Waals surface area contributed by atoms with Gasteiger partial charge in [0, 0.05) is 58.1 Å². The summed E-state index contributed by atoms with van der Waals surface area (Å²) in [6, 6.07) is 0.440. The Morgan fingerprint density at radius 1 is 1.37 bits per heavy atom. The minimum atomic E-state index is -0.280. The molecule has 0 bridgehead atoms. The average molecular weight is 289 g/mol. The molecule has 6 nitrogen and oxygen atoms in total. The lowest BCUT2D eigenvalue weighted by atomic mass is 10.2. The van der Waals surface area contributed by atoms with Gasteiger partial charge in [0.15, 0.2) is 0 Å². The van der Waals surface area contributed by atoms with Gasteiger partial charge in [0.1, 0.15) is 0 Å². The monoisotopic (exact) mass is 288 g/mol. The summed E-state index contributed by atoms with van der Waals surface area (Å²) in [5.41, 5.74) is 0.204. The quantitative estimate of drug-likeness (QED) is 0.782. The van der Waals surface area contributed by atoms with Crippen LogP contribution in [0.5, 0.6) is 0 Å². The first-order valence-electron chi connectivity index (χ1n) is 6.20. The smallest absolute Gasteiger partial charge is 0.312 e. The van der Waals surface area contributed by atoms with Gasteiger partial charge >= 0.3 is 5.69 Å². The molecule has 1 atom stereocenters. The van der Waals surface area contributed by atoms with Gasteiger partial charge in [-0.15, -0.1) is 12.4 Å². The normalized spacial score (nSPS) is 20.1. The van der Waals surface area contributed by atoms with Crippen LogP contribution in [0.4, 0.5) is 0 Å². The summed E-state index contributed by atoms with van der Waals surface area (Å²) in [5, 5.41) is 3.36. The van der Waals surface area contributed by atoms with Crippen molar-refractivity contribution < 1.29 is 0 Å². The molecule has 1 aliphatic rings. The van der Waals surface area contributed by atoms with Gasteiger partial charge in [0.05, 0.1) is 0 Å². The summed E-state index contributed by atoms with van der Waals surface area (Å²) in [7, 11) is 3.19. The predicted octanol–water partition coefficient (Wildman–Crippen LogP) is -0.700. The first-order chi connectivity index (χ1) is 8.49. The van der Waals surface area contributed by atoms with Crippen molar-refractivity contribution in [1.29, 1.82) is 0 Å². The van der Waals surface area contributed by atoms with Gasteiger partial charge in [0.25, 0.3) is 5.56 Å². The van der Waals surface area contributed by atoms with Gasteiger partial charge in [-0.25, -0.2) is 4.79 Å². The Hall–Kier alpha value is -1.11. The maximum absolute atomic E-state index is 12.0. The summed E-state index contributed by atoms with van der Waals surface area (Å²) in [5.74, 6) is 0. The van der Waals surface area contributed by atoms with Crippen molar-refractivity contribution in [1.82, 2.24) is 19.4 Å². The molecule has 7 heteroatoms. The van der Waals surface area contributed by atoms with Gasteiger partial charge in [-0.1, -0.05) is 0 Å². The van der Waals surface area contributed by atoms with E-state index in [1.807, 2.05) is 0 Å². The van der Waals surface area contributed by atoms with Gasteiger partial charge < -0.3 is 9.88 Å². The third kappa shape index (κ3) is 3.46. The molecule has 0 unspecified atom stereocenters. The molecule has 0 spiro atoms. The van der Waals surface area contributed by atoms with Crippen LogP contribution in [0, 0.1) is 0 Å². The summed E-state index contributed by atoms with van der Waals surface area (Å²) in [6.45, 7) is 5.52. The van der Waals surface area contributed by atoms with Crippen molar-refractivity contribution in [2.24, 2.45) is 14.1 Å². The second-order valence-corrected chi connectivity index (χ2v) is 5.00. The maximum Gasteiger partial charge on any atom is 0.330 e. The van der Waals surface area contributed by atoms with E-state index in [0.717, 1.165) is 19.6 Å². The van der Waals surface area contributed by atoms with Crippen molar-refractivity contribution in [2.45, 2.75) is 19.5 Å². The summed E-state index contributed by atoms with van der Waals surface area (Å²) < 4.78 is 2.63. The van der Waals surface area contributed by atoms with Crippen LogP contribution < -0.4 is 16.6 Å². The Bertz CT molecular complexity index is 552. The second kappa shape index (κ2) is 6.36. The van der Waals surface area contributed by atoms with E-state index < -0.39 is 0 Å². The van der Waals surface area contributed by atoms with Gasteiger partial charge in [-0.3, -0.25) is 14.3 Å². The topological polar surface area (TPSA) is 59.3 Å². The van der Waals surface area contributed by atoms with Gasteiger partial charge in [-0.2, -0.15) is 0 Å². The minimum Gasteiger partial charge on any atom is -0.312 e. The highest BCUT2D eigenvalue weighted by Crippen LogP contribution is 2.03. The fourth-order valence-electron chi connectivity index (χ4n) is 2.39. The van der Waals surface area contributed by atoms with Crippen LogP contribution in [-0.4, -0.2) is 39.7 Å². The molecular formula is C12H21ClN4O2.